The fraction of sp³-hybridized carbons (Fsp3) is 1.00. The van der Waals surface area contributed by atoms with Crippen LogP contribution >= 0.6 is 0 Å². The number of alkyl halides is 3. The van der Waals surface area contributed by atoms with E-state index in [0.29, 0.717) is 0 Å². The zero-order valence-electron chi connectivity index (χ0n) is 5.74. The second kappa shape index (κ2) is 1.90. The molecule has 2 heterocycles. The van der Waals surface area contributed by atoms with Gasteiger partial charge in [-0.2, -0.15) is 13.2 Å². The molecule has 0 spiro atoms. The van der Waals surface area contributed by atoms with Gasteiger partial charge in [0.25, 0.3) is 0 Å². The van der Waals surface area contributed by atoms with E-state index >= 15 is 0 Å². The van der Waals surface area contributed by atoms with Crippen LogP contribution in [0.4, 0.5) is 13.2 Å². The third-order valence-electron chi connectivity index (χ3n) is 2.33. The first-order chi connectivity index (χ1) is 5.04. The zero-order valence-corrected chi connectivity index (χ0v) is 5.74. The summed E-state index contributed by atoms with van der Waals surface area (Å²) in [6.45, 7) is 0.112. The molecule has 2 atom stereocenters. The van der Waals surface area contributed by atoms with Gasteiger partial charge in [0, 0.05) is 19.0 Å². The standard InChI is InChI=1S/C6H8F3NO/c7-6(8,9)5-1-4(2-11-5)10-3-5/h4,10H,1-3H2. The van der Waals surface area contributed by atoms with Gasteiger partial charge >= 0.3 is 6.18 Å². The normalized spacial score (nSPS) is 43.4. The molecule has 2 bridgehead atoms. The fourth-order valence-corrected chi connectivity index (χ4v) is 1.64. The van der Waals surface area contributed by atoms with Crippen molar-refractivity contribution in [3.05, 3.63) is 0 Å². The number of hydrogen-bond acceptors (Lipinski definition) is 2. The van der Waals surface area contributed by atoms with Gasteiger partial charge in [0.15, 0.2) is 5.60 Å². The molecule has 0 saturated carbocycles. The number of halogens is 3. The summed E-state index contributed by atoms with van der Waals surface area (Å²) in [6, 6.07) is -0.0865. The molecule has 0 aromatic carbocycles. The SMILES string of the molecule is FC(F)(F)C12CNC(CO1)C2. The molecule has 2 aliphatic heterocycles. The lowest BCUT2D eigenvalue weighted by molar-refractivity contribution is -0.259. The molecule has 0 aromatic rings. The molecule has 2 nitrogen and oxygen atoms in total. The number of rotatable bonds is 0. The van der Waals surface area contributed by atoms with Crippen LogP contribution in [0.15, 0.2) is 0 Å². The molecular weight excluding hydrogens is 159 g/mol. The molecular formula is C6H8F3NO. The van der Waals surface area contributed by atoms with Crippen molar-refractivity contribution in [3.63, 3.8) is 0 Å². The average molecular weight is 167 g/mol. The second-order valence-electron chi connectivity index (χ2n) is 3.09. The first-order valence-corrected chi connectivity index (χ1v) is 3.48. The number of nitrogens with one attached hydrogen (secondary N) is 1. The highest BCUT2D eigenvalue weighted by atomic mass is 19.4. The summed E-state index contributed by atoms with van der Waals surface area (Å²) in [6.07, 6.45) is -4.14. The van der Waals surface area contributed by atoms with Gasteiger partial charge in [0.2, 0.25) is 0 Å². The lowest BCUT2D eigenvalue weighted by atomic mass is 10.0. The van der Waals surface area contributed by atoms with E-state index in [9.17, 15) is 13.2 Å². The van der Waals surface area contributed by atoms with Crippen molar-refractivity contribution in [1.82, 2.24) is 5.32 Å². The lowest BCUT2D eigenvalue weighted by Crippen LogP contribution is -2.50. The Hall–Kier alpha value is -0.290. The minimum Gasteiger partial charge on any atom is -0.362 e. The van der Waals surface area contributed by atoms with E-state index in [2.05, 4.69) is 5.32 Å². The van der Waals surface area contributed by atoms with E-state index in [-0.39, 0.29) is 25.6 Å². The first kappa shape index (κ1) is 7.36. The van der Waals surface area contributed by atoms with Crippen LogP contribution in [0, 0.1) is 0 Å². The van der Waals surface area contributed by atoms with Crippen LogP contribution in [0.5, 0.6) is 0 Å². The van der Waals surface area contributed by atoms with E-state index in [1.165, 1.54) is 0 Å². The van der Waals surface area contributed by atoms with Gasteiger partial charge in [-0.25, -0.2) is 0 Å². The molecule has 1 N–H and O–H groups in total. The number of fused-ring (bicyclic) bond motifs is 2. The van der Waals surface area contributed by atoms with Gasteiger partial charge in [-0.15, -0.1) is 0 Å². The number of hydrogen-bond donors (Lipinski definition) is 1. The predicted octanol–water partition coefficient (Wildman–Crippen LogP) is 0.680. The predicted molar refractivity (Wildman–Crippen MR) is 31.1 cm³/mol. The van der Waals surface area contributed by atoms with Crippen molar-refractivity contribution in [2.75, 3.05) is 13.2 Å². The fourth-order valence-electron chi connectivity index (χ4n) is 1.64. The Morgan fingerprint density at radius 1 is 1.45 bits per heavy atom. The summed E-state index contributed by atoms with van der Waals surface area (Å²) in [5, 5.41) is 2.76. The molecule has 2 aliphatic rings. The van der Waals surface area contributed by atoms with Crippen LogP contribution in [0.25, 0.3) is 0 Å². The Labute approximate surface area is 61.7 Å². The molecule has 0 amide bonds. The van der Waals surface area contributed by atoms with E-state index in [1.807, 2.05) is 0 Å². The van der Waals surface area contributed by atoms with Crippen LogP contribution in [-0.2, 0) is 4.74 Å². The van der Waals surface area contributed by atoms with E-state index in [4.69, 9.17) is 4.74 Å². The quantitative estimate of drug-likeness (QED) is 0.572. The van der Waals surface area contributed by atoms with E-state index in [0.717, 1.165) is 0 Å². The van der Waals surface area contributed by atoms with Crippen molar-refractivity contribution in [1.29, 1.82) is 0 Å². The smallest absolute Gasteiger partial charge is 0.362 e. The van der Waals surface area contributed by atoms with Crippen LogP contribution < -0.4 is 5.32 Å². The Morgan fingerprint density at radius 2 is 2.18 bits per heavy atom. The average Bonchev–Trinajstić information content (AvgIpc) is 2.42. The van der Waals surface area contributed by atoms with Gasteiger partial charge in [0.1, 0.15) is 0 Å². The van der Waals surface area contributed by atoms with Gasteiger partial charge < -0.3 is 10.1 Å². The molecule has 2 fully saturated rings. The van der Waals surface area contributed by atoms with E-state index < -0.39 is 11.8 Å². The van der Waals surface area contributed by atoms with Crippen molar-refractivity contribution in [2.24, 2.45) is 0 Å². The summed E-state index contributed by atoms with van der Waals surface area (Å²) in [5.41, 5.74) is -1.86. The summed E-state index contributed by atoms with van der Waals surface area (Å²) in [7, 11) is 0. The van der Waals surface area contributed by atoms with Crippen LogP contribution in [0.3, 0.4) is 0 Å². The molecule has 5 heteroatoms. The number of ether oxygens (including phenoxy) is 1. The Bertz CT molecular complexity index is 171. The lowest BCUT2D eigenvalue weighted by Gasteiger charge is -2.28. The maximum atomic E-state index is 12.3. The maximum Gasteiger partial charge on any atom is 0.418 e. The molecule has 64 valence electrons. The number of morpholine rings is 1. The van der Waals surface area contributed by atoms with Crippen molar-refractivity contribution < 1.29 is 17.9 Å². The summed E-state index contributed by atoms with van der Waals surface area (Å²) in [4.78, 5) is 0. The van der Waals surface area contributed by atoms with Crippen LogP contribution in [0.1, 0.15) is 6.42 Å². The third kappa shape index (κ3) is 0.873. The van der Waals surface area contributed by atoms with Gasteiger partial charge in [-0.3, -0.25) is 0 Å². The maximum absolute atomic E-state index is 12.3. The monoisotopic (exact) mass is 167 g/mol. The van der Waals surface area contributed by atoms with Crippen molar-refractivity contribution in [2.45, 2.75) is 24.2 Å². The molecule has 0 radical (unpaired) electrons. The summed E-state index contributed by atoms with van der Waals surface area (Å²) in [5.74, 6) is 0. The third-order valence-corrected chi connectivity index (χ3v) is 2.33. The minimum absolute atomic E-state index is 0.0799. The highest BCUT2D eigenvalue weighted by molar-refractivity contribution is 5.05. The summed E-state index contributed by atoms with van der Waals surface area (Å²) < 4.78 is 41.6. The van der Waals surface area contributed by atoms with Gasteiger partial charge in [-0.05, 0) is 0 Å². The minimum atomic E-state index is -4.22. The Balaban J connectivity index is 2.23. The Morgan fingerprint density at radius 3 is 2.36 bits per heavy atom. The van der Waals surface area contributed by atoms with Gasteiger partial charge in [0.05, 0.1) is 6.61 Å². The van der Waals surface area contributed by atoms with Crippen LogP contribution in [-0.4, -0.2) is 31.0 Å². The highest BCUT2D eigenvalue weighted by Crippen LogP contribution is 2.43. The zero-order chi connectivity index (χ0) is 8.11. The molecule has 2 rings (SSSR count). The largest absolute Gasteiger partial charge is 0.418 e. The van der Waals surface area contributed by atoms with Gasteiger partial charge in [-0.1, -0.05) is 0 Å². The molecule has 0 aliphatic carbocycles. The van der Waals surface area contributed by atoms with Crippen molar-refractivity contribution in [3.8, 4) is 0 Å². The summed E-state index contributed by atoms with van der Waals surface area (Å²) >= 11 is 0. The Kier molecular flexibility index (Phi) is 1.27. The molecule has 11 heavy (non-hydrogen) atoms. The molecule has 2 unspecified atom stereocenters. The molecule has 0 aromatic heterocycles. The van der Waals surface area contributed by atoms with Crippen LogP contribution in [0.2, 0.25) is 0 Å². The highest BCUT2D eigenvalue weighted by Gasteiger charge is 2.63. The second-order valence-corrected chi connectivity index (χ2v) is 3.09. The van der Waals surface area contributed by atoms with Crippen molar-refractivity contribution >= 4 is 0 Å². The first-order valence-electron chi connectivity index (χ1n) is 3.48. The topological polar surface area (TPSA) is 21.3 Å². The van der Waals surface area contributed by atoms with E-state index in [1.54, 1.807) is 0 Å². The molecule has 2 saturated heterocycles.